The molecule has 1 aromatic heterocycles. The molecular weight excluding hydrogens is 194 g/mol. The highest BCUT2D eigenvalue weighted by Crippen LogP contribution is 2.18. The van der Waals surface area contributed by atoms with E-state index in [0.717, 1.165) is 30.5 Å². The predicted molar refractivity (Wildman–Crippen MR) is 57.1 cm³/mol. The number of rotatable bonds is 1. The number of nitrogens with one attached hydrogen (secondary N) is 2. The fraction of sp³-hybridized carbons (Fsp3) is 0.600. The minimum atomic E-state index is -0.354. The van der Waals surface area contributed by atoms with Crippen molar-refractivity contribution >= 4 is 0 Å². The summed E-state index contributed by atoms with van der Waals surface area (Å²) in [5.74, 6) is 0.231. The van der Waals surface area contributed by atoms with Gasteiger partial charge in [0.05, 0.1) is 0 Å². The Hall–Kier alpha value is -1.36. The van der Waals surface area contributed by atoms with Crippen molar-refractivity contribution in [3.05, 3.63) is 32.6 Å². The van der Waals surface area contributed by atoms with Crippen LogP contribution in [0.4, 0.5) is 0 Å². The Bertz CT molecular complexity index is 454. The molecule has 0 bridgehead atoms. The molecule has 2 rings (SSSR count). The Kier molecular flexibility index (Phi) is 2.73. The molecule has 2 heterocycles. The zero-order valence-electron chi connectivity index (χ0n) is 8.75. The van der Waals surface area contributed by atoms with Crippen LogP contribution < -0.4 is 16.6 Å². The maximum atomic E-state index is 11.8. The fourth-order valence-corrected chi connectivity index (χ4v) is 1.99. The molecule has 0 amide bonds. The van der Waals surface area contributed by atoms with Crippen LogP contribution in [0.15, 0.2) is 15.8 Å². The van der Waals surface area contributed by atoms with Gasteiger partial charge in [0.1, 0.15) is 0 Å². The van der Waals surface area contributed by atoms with E-state index in [1.807, 2.05) is 0 Å². The average molecular weight is 209 g/mol. The Morgan fingerprint density at radius 1 is 1.47 bits per heavy atom. The van der Waals surface area contributed by atoms with E-state index >= 15 is 0 Å². The van der Waals surface area contributed by atoms with Gasteiger partial charge in [-0.25, -0.2) is 4.79 Å². The molecule has 0 spiro atoms. The average Bonchev–Trinajstić information content (AvgIpc) is 2.27. The Balaban J connectivity index is 2.40. The summed E-state index contributed by atoms with van der Waals surface area (Å²) >= 11 is 0. The molecule has 1 aromatic rings. The second-order valence-corrected chi connectivity index (χ2v) is 3.96. The SMILES string of the molecule is Cn1c(=O)[nH]cc(C2CCCNC2)c1=O. The Morgan fingerprint density at radius 3 is 2.93 bits per heavy atom. The fourth-order valence-electron chi connectivity index (χ4n) is 1.99. The first-order valence-electron chi connectivity index (χ1n) is 5.19. The second kappa shape index (κ2) is 4.02. The van der Waals surface area contributed by atoms with Crippen LogP contribution in [0.5, 0.6) is 0 Å². The van der Waals surface area contributed by atoms with Crippen molar-refractivity contribution < 1.29 is 0 Å². The van der Waals surface area contributed by atoms with Crippen LogP contribution in [0.25, 0.3) is 0 Å². The molecule has 5 nitrogen and oxygen atoms in total. The number of aromatic amines is 1. The molecule has 5 heteroatoms. The lowest BCUT2D eigenvalue weighted by Gasteiger charge is -2.22. The van der Waals surface area contributed by atoms with Gasteiger partial charge in [0.2, 0.25) is 0 Å². The van der Waals surface area contributed by atoms with Gasteiger partial charge in [-0.3, -0.25) is 9.36 Å². The van der Waals surface area contributed by atoms with Crippen molar-refractivity contribution in [2.24, 2.45) is 7.05 Å². The summed E-state index contributed by atoms with van der Waals surface area (Å²) in [6.07, 6.45) is 3.64. The van der Waals surface area contributed by atoms with Crippen LogP contribution in [0.2, 0.25) is 0 Å². The third-order valence-electron chi connectivity index (χ3n) is 2.94. The van der Waals surface area contributed by atoms with E-state index in [-0.39, 0.29) is 17.2 Å². The predicted octanol–water partition coefficient (Wildman–Crippen LogP) is -0.459. The van der Waals surface area contributed by atoms with Crippen LogP contribution in [0, 0.1) is 0 Å². The largest absolute Gasteiger partial charge is 0.328 e. The van der Waals surface area contributed by atoms with Crippen molar-refractivity contribution in [3.8, 4) is 0 Å². The highest BCUT2D eigenvalue weighted by Gasteiger charge is 2.18. The number of hydrogen-bond acceptors (Lipinski definition) is 3. The Morgan fingerprint density at radius 2 is 2.27 bits per heavy atom. The van der Waals surface area contributed by atoms with Crippen molar-refractivity contribution in [1.29, 1.82) is 0 Å². The standard InChI is InChI=1S/C10H15N3O2/c1-13-9(14)8(6-12-10(13)15)7-3-2-4-11-5-7/h6-7,11H,2-5H2,1H3,(H,12,15). The third-order valence-corrected chi connectivity index (χ3v) is 2.94. The molecule has 0 radical (unpaired) electrons. The summed E-state index contributed by atoms with van der Waals surface area (Å²) in [7, 11) is 1.50. The molecule has 1 aliphatic rings. The molecule has 82 valence electrons. The summed E-state index contributed by atoms with van der Waals surface area (Å²) in [6, 6.07) is 0. The summed E-state index contributed by atoms with van der Waals surface area (Å²) in [5, 5.41) is 3.25. The Labute approximate surface area is 87.1 Å². The van der Waals surface area contributed by atoms with Crippen LogP contribution in [0.1, 0.15) is 24.3 Å². The van der Waals surface area contributed by atoms with Gasteiger partial charge in [-0.15, -0.1) is 0 Å². The molecule has 0 saturated carbocycles. The van der Waals surface area contributed by atoms with E-state index in [2.05, 4.69) is 10.3 Å². The van der Waals surface area contributed by atoms with E-state index in [9.17, 15) is 9.59 Å². The molecule has 15 heavy (non-hydrogen) atoms. The van der Waals surface area contributed by atoms with Gasteiger partial charge < -0.3 is 10.3 Å². The zero-order valence-corrected chi connectivity index (χ0v) is 8.75. The summed E-state index contributed by atoms with van der Waals surface area (Å²) in [4.78, 5) is 25.6. The number of nitrogens with zero attached hydrogens (tertiary/aromatic N) is 1. The monoisotopic (exact) mass is 209 g/mol. The molecule has 0 aliphatic carbocycles. The molecule has 1 atom stereocenters. The lowest BCUT2D eigenvalue weighted by molar-refractivity contribution is 0.455. The summed E-state index contributed by atoms with van der Waals surface area (Å²) < 4.78 is 1.13. The molecule has 1 fully saturated rings. The zero-order chi connectivity index (χ0) is 10.8. The van der Waals surface area contributed by atoms with Crippen molar-refractivity contribution in [1.82, 2.24) is 14.9 Å². The van der Waals surface area contributed by atoms with Crippen LogP contribution >= 0.6 is 0 Å². The highest BCUT2D eigenvalue weighted by molar-refractivity contribution is 5.12. The summed E-state index contributed by atoms with van der Waals surface area (Å²) in [5.41, 5.74) is 0.185. The first-order chi connectivity index (χ1) is 7.20. The smallest absolute Gasteiger partial charge is 0.316 e. The van der Waals surface area contributed by atoms with Gasteiger partial charge in [-0.1, -0.05) is 0 Å². The van der Waals surface area contributed by atoms with Gasteiger partial charge in [0.15, 0.2) is 0 Å². The maximum Gasteiger partial charge on any atom is 0.328 e. The number of hydrogen-bond donors (Lipinski definition) is 2. The molecular formula is C10H15N3O2. The number of piperidine rings is 1. The van der Waals surface area contributed by atoms with E-state index in [4.69, 9.17) is 0 Å². The van der Waals surface area contributed by atoms with E-state index in [1.54, 1.807) is 6.20 Å². The maximum absolute atomic E-state index is 11.8. The van der Waals surface area contributed by atoms with Crippen LogP contribution in [0.3, 0.4) is 0 Å². The van der Waals surface area contributed by atoms with Crippen molar-refractivity contribution in [2.45, 2.75) is 18.8 Å². The normalized spacial score (nSPS) is 21.5. The quantitative estimate of drug-likeness (QED) is 0.657. The summed E-state index contributed by atoms with van der Waals surface area (Å²) in [6.45, 7) is 1.83. The van der Waals surface area contributed by atoms with Gasteiger partial charge in [-0.05, 0) is 19.4 Å². The molecule has 1 saturated heterocycles. The van der Waals surface area contributed by atoms with Gasteiger partial charge in [0, 0.05) is 31.3 Å². The van der Waals surface area contributed by atoms with E-state index in [0.29, 0.717) is 5.56 Å². The van der Waals surface area contributed by atoms with E-state index in [1.165, 1.54) is 7.05 Å². The van der Waals surface area contributed by atoms with Gasteiger partial charge >= 0.3 is 5.69 Å². The van der Waals surface area contributed by atoms with Crippen LogP contribution in [-0.4, -0.2) is 22.6 Å². The van der Waals surface area contributed by atoms with E-state index < -0.39 is 0 Å². The molecule has 0 aromatic carbocycles. The topological polar surface area (TPSA) is 66.9 Å². The minimum Gasteiger partial charge on any atom is -0.316 e. The number of aromatic nitrogens is 2. The van der Waals surface area contributed by atoms with Crippen LogP contribution in [-0.2, 0) is 7.05 Å². The molecule has 1 aliphatic heterocycles. The highest BCUT2D eigenvalue weighted by atomic mass is 16.2. The number of H-pyrrole nitrogens is 1. The third kappa shape index (κ3) is 1.87. The van der Waals surface area contributed by atoms with Crippen molar-refractivity contribution in [2.75, 3.05) is 13.1 Å². The second-order valence-electron chi connectivity index (χ2n) is 3.96. The van der Waals surface area contributed by atoms with Gasteiger partial charge in [0.25, 0.3) is 5.56 Å². The lowest BCUT2D eigenvalue weighted by Crippen LogP contribution is -2.38. The molecule has 2 N–H and O–H groups in total. The van der Waals surface area contributed by atoms with Gasteiger partial charge in [-0.2, -0.15) is 0 Å². The van der Waals surface area contributed by atoms with Crippen molar-refractivity contribution in [3.63, 3.8) is 0 Å². The first-order valence-corrected chi connectivity index (χ1v) is 5.19. The first kappa shape index (κ1) is 10.2. The molecule has 1 unspecified atom stereocenters. The minimum absolute atomic E-state index is 0.174. The lowest BCUT2D eigenvalue weighted by atomic mass is 9.93.